The second kappa shape index (κ2) is 7.84. The third-order valence-electron chi connectivity index (χ3n) is 6.33. The van der Waals surface area contributed by atoms with Crippen molar-refractivity contribution < 1.29 is 4.79 Å². The van der Waals surface area contributed by atoms with Crippen molar-refractivity contribution in [1.82, 2.24) is 24.1 Å². The molecule has 10 nitrogen and oxygen atoms in total. The number of ketones is 1. The molecule has 4 aromatic rings. The number of Topliss-reactive ketones (excluding diaryl/α,β-unsaturated/α-hetero) is 1. The fourth-order valence-electron chi connectivity index (χ4n) is 4.86. The molecular formula is C23H21ClN8O2. The van der Waals surface area contributed by atoms with Gasteiger partial charge in [-0.1, -0.05) is 29.8 Å². The second-order valence-corrected chi connectivity index (χ2v) is 8.78. The highest BCUT2D eigenvalue weighted by Gasteiger charge is 2.36. The highest BCUT2D eigenvalue weighted by Crippen LogP contribution is 2.39. The van der Waals surface area contributed by atoms with Crippen molar-refractivity contribution in [3.8, 4) is 5.69 Å². The van der Waals surface area contributed by atoms with Crippen LogP contribution in [0, 0.1) is 0 Å². The van der Waals surface area contributed by atoms with E-state index in [1.165, 1.54) is 4.52 Å². The Balaban J connectivity index is 1.58. The molecule has 0 saturated carbocycles. The van der Waals surface area contributed by atoms with Crippen LogP contribution in [0.2, 0.25) is 5.02 Å². The molecule has 1 saturated heterocycles. The standard InChI is InChI=1S/C23H21ClN8O2/c24-14-9-12-31-18(14)22(34)32(13-5-2-1-3-6-13)20(29-31)15-7-4-11-30(15)21-17-16(33)8-10-26-19(17)27-23(25)28-21/h1-3,5-6,9,12,15H,4,7-8,10-11H2,(H3,25,26,27,28). The molecule has 0 amide bonds. The van der Waals surface area contributed by atoms with Crippen LogP contribution < -0.4 is 21.5 Å². The van der Waals surface area contributed by atoms with E-state index in [0.717, 1.165) is 12.8 Å². The number of halogens is 1. The molecule has 0 spiro atoms. The molecule has 3 N–H and O–H groups in total. The zero-order valence-corrected chi connectivity index (χ0v) is 18.9. The summed E-state index contributed by atoms with van der Waals surface area (Å²) in [6.45, 7) is 1.14. The monoisotopic (exact) mass is 476 g/mol. The minimum Gasteiger partial charge on any atom is -0.369 e. The van der Waals surface area contributed by atoms with Crippen LogP contribution in [0.3, 0.4) is 0 Å². The predicted molar refractivity (Wildman–Crippen MR) is 129 cm³/mol. The van der Waals surface area contributed by atoms with Gasteiger partial charge in [0.15, 0.2) is 11.6 Å². The molecule has 2 aliphatic heterocycles. The largest absolute Gasteiger partial charge is 0.369 e. The number of nitrogens with zero attached hydrogens (tertiary/aromatic N) is 6. The number of hydrogen-bond acceptors (Lipinski definition) is 8. The van der Waals surface area contributed by atoms with Crippen LogP contribution in [0.5, 0.6) is 0 Å². The molecule has 3 aromatic heterocycles. The van der Waals surface area contributed by atoms with E-state index in [4.69, 9.17) is 22.4 Å². The van der Waals surface area contributed by atoms with Crippen molar-refractivity contribution >= 4 is 40.5 Å². The van der Waals surface area contributed by atoms with E-state index in [-0.39, 0.29) is 23.3 Å². The molecule has 1 aromatic carbocycles. The number of nitrogens with one attached hydrogen (secondary N) is 1. The van der Waals surface area contributed by atoms with Crippen molar-refractivity contribution in [3.63, 3.8) is 0 Å². The Bertz CT molecular complexity index is 1500. The maximum atomic E-state index is 13.7. The lowest BCUT2D eigenvalue weighted by atomic mass is 10.1. The molecule has 1 unspecified atom stereocenters. The number of para-hydroxylation sites is 1. The SMILES string of the molecule is Nc1nc2c(c(N3CCCC3c3nn4ccc(Cl)c4c(=O)n3-c3ccccc3)n1)C(=O)CCN2. The molecule has 0 aliphatic carbocycles. The number of anilines is 3. The lowest BCUT2D eigenvalue weighted by Gasteiger charge is -2.30. The number of fused-ring (bicyclic) bond motifs is 2. The van der Waals surface area contributed by atoms with E-state index in [0.29, 0.717) is 58.8 Å². The molecule has 1 fully saturated rings. The van der Waals surface area contributed by atoms with E-state index in [1.54, 1.807) is 16.8 Å². The van der Waals surface area contributed by atoms with Gasteiger partial charge in [0.2, 0.25) is 5.95 Å². The first-order valence-corrected chi connectivity index (χ1v) is 11.5. The van der Waals surface area contributed by atoms with E-state index >= 15 is 0 Å². The molecule has 6 rings (SSSR count). The Kier molecular flexibility index (Phi) is 4.77. The Morgan fingerprint density at radius 2 is 1.94 bits per heavy atom. The molecule has 2 aliphatic rings. The van der Waals surface area contributed by atoms with E-state index < -0.39 is 0 Å². The van der Waals surface area contributed by atoms with Crippen LogP contribution >= 0.6 is 11.6 Å². The van der Waals surface area contributed by atoms with E-state index in [2.05, 4.69) is 15.3 Å². The van der Waals surface area contributed by atoms with Gasteiger partial charge in [-0.25, -0.2) is 4.52 Å². The molecule has 172 valence electrons. The zero-order chi connectivity index (χ0) is 23.4. The number of benzene rings is 1. The van der Waals surface area contributed by atoms with E-state index in [9.17, 15) is 9.59 Å². The quantitative estimate of drug-likeness (QED) is 0.462. The summed E-state index contributed by atoms with van der Waals surface area (Å²) >= 11 is 6.33. The van der Waals surface area contributed by atoms with Crippen LogP contribution in [0.15, 0.2) is 47.4 Å². The van der Waals surface area contributed by atoms with Crippen LogP contribution in [0.4, 0.5) is 17.6 Å². The van der Waals surface area contributed by atoms with Gasteiger partial charge in [-0.05, 0) is 31.0 Å². The first-order chi connectivity index (χ1) is 16.5. The van der Waals surface area contributed by atoms with Crippen molar-refractivity contribution in [2.45, 2.75) is 25.3 Å². The van der Waals surface area contributed by atoms with Crippen LogP contribution in [0.1, 0.15) is 41.5 Å². The summed E-state index contributed by atoms with van der Waals surface area (Å²) in [5.74, 6) is 1.51. The zero-order valence-electron chi connectivity index (χ0n) is 18.1. The Hall–Kier alpha value is -3.92. The Labute approximate surface area is 199 Å². The Morgan fingerprint density at radius 3 is 2.76 bits per heavy atom. The number of nitrogen functional groups attached to an aromatic ring is 1. The van der Waals surface area contributed by atoms with Crippen molar-refractivity contribution in [2.24, 2.45) is 0 Å². The minimum absolute atomic E-state index is 0.0320. The van der Waals surface area contributed by atoms with Crippen LogP contribution in [0.25, 0.3) is 11.2 Å². The normalized spacial score (nSPS) is 17.7. The molecular weight excluding hydrogens is 456 g/mol. The number of carbonyl (C=O) groups excluding carboxylic acids is 1. The van der Waals surface area contributed by atoms with Crippen LogP contribution in [-0.4, -0.2) is 43.0 Å². The summed E-state index contributed by atoms with van der Waals surface area (Å²) in [5, 5.41) is 8.32. The fraction of sp³-hybridized carbons (Fsp3) is 0.261. The van der Waals surface area contributed by atoms with Gasteiger partial charge in [0.05, 0.1) is 16.8 Å². The molecule has 1 atom stereocenters. The smallest absolute Gasteiger partial charge is 0.284 e. The highest BCUT2D eigenvalue weighted by molar-refractivity contribution is 6.33. The van der Waals surface area contributed by atoms with Crippen molar-refractivity contribution in [3.05, 3.63) is 69.4 Å². The number of hydrogen-bond donors (Lipinski definition) is 2. The third kappa shape index (κ3) is 3.13. The summed E-state index contributed by atoms with van der Waals surface area (Å²) in [6, 6.07) is 10.7. The number of nitrogens with two attached hydrogens (primary N) is 1. The van der Waals surface area contributed by atoms with Crippen molar-refractivity contribution in [2.75, 3.05) is 29.0 Å². The van der Waals surface area contributed by atoms with E-state index in [1.807, 2.05) is 35.2 Å². The van der Waals surface area contributed by atoms with Gasteiger partial charge >= 0.3 is 0 Å². The molecule has 34 heavy (non-hydrogen) atoms. The van der Waals surface area contributed by atoms with Gasteiger partial charge in [0.1, 0.15) is 22.7 Å². The summed E-state index contributed by atoms with van der Waals surface area (Å²) < 4.78 is 3.12. The third-order valence-corrected chi connectivity index (χ3v) is 6.64. The maximum Gasteiger partial charge on any atom is 0.284 e. The van der Waals surface area contributed by atoms with Gasteiger partial charge in [-0.15, -0.1) is 0 Å². The highest BCUT2D eigenvalue weighted by atomic mass is 35.5. The van der Waals surface area contributed by atoms with Crippen LogP contribution in [-0.2, 0) is 0 Å². The van der Waals surface area contributed by atoms with Gasteiger partial charge in [0, 0.05) is 25.7 Å². The fourth-order valence-corrected chi connectivity index (χ4v) is 5.08. The average molecular weight is 477 g/mol. The molecule has 5 heterocycles. The van der Waals surface area contributed by atoms with Gasteiger partial charge in [-0.2, -0.15) is 15.1 Å². The Morgan fingerprint density at radius 1 is 1.12 bits per heavy atom. The predicted octanol–water partition coefficient (Wildman–Crippen LogP) is 2.85. The topological polar surface area (TPSA) is 123 Å². The lowest BCUT2D eigenvalue weighted by molar-refractivity contribution is 0.0983. The number of aromatic nitrogens is 5. The summed E-state index contributed by atoms with van der Waals surface area (Å²) in [5.41, 5.74) is 7.18. The maximum absolute atomic E-state index is 13.7. The molecule has 11 heteroatoms. The van der Waals surface area contributed by atoms with Gasteiger partial charge in [-0.3, -0.25) is 14.2 Å². The summed E-state index contributed by atoms with van der Waals surface area (Å²) in [6.07, 6.45) is 3.59. The number of rotatable bonds is 3. The minimum atomic E-state index is -0.313. The second-order valence-electron chi connectivity index (χ2n) is 8.37. The first-order valence-electron chi connectivity index (χ1n) is 11.1. The number of carbonyl (C=O) groups is 1. The molecule has 0 bridgehead atoms. The van der Waals surface area contributed by atoms with Gasteiger partial charge in [0.25, 0.3) is 5.56 Å². The summed E-state index contributed by atoms with van der Waals surface area (Å²) in [7, 11) is 0. The first kappa shape index (κ1) is 20.7. The van der Waals surface area contributed by atoms with Crippen molar-refractivity contribution in [1.29, 1.82) is 0 Å². The molecule has 0 radical (unpaired) electrons. The van der Waals surface area contributed by atoms with Gasteiger partial charge < -0.3 is 16.0 Å². The average Bonchev–Trinajstić information content (AvgIpc) is 3.46. The summed E-state index contributed by atoms with van der Waals surface area (Å²) in [4.78, 5) is 37.2. The lowest BCUT2D eigenvalue weighted by Crippen LogP contribution is -2.35.